The molecule has 4 aromatic rings. The minimum atomic E-state index is -0.0116. The molecule has 6 nitrogen and oxygen atoms in total. The maximum atomic E-state index is 12.7. The number of hydrogen-bond donors (Lipinski definition) is 3. The number of nitrogens with zero attached hydrogens (tertiary/aromatic N) is 2. The molecule has 1 fully saturated rings. The third-order valence-electron chi connectivity index (χ3n) is 7.30. The van der Waals surface area contributed by atoms with E-state index in [2.05, 4.69) is 34.9 Å². The minimum Gasteiger partial charge on any atom is -0.396 e. The lowest BCUT2D eigenvalue weighted by molar-refractivity contribution is 0.0949. The Morgan fingerprint density at radius 2 is 1.94 bits per heavy atom. The van der Waals surface area contributed by atoms with Crippen molar-refractivity contribution in [2.75, 3.05) is 18.5 Å². The van der Waals surface area contributed by atoms with Gasteiger partial charge in [-0.2, -0.15) is 0 Å². The van der Waals surface area contributed by atoms with Crippen molar-refractivity contribution in [3.05, 3.63) is 53.2 Å². The molecule has 0 saturated heterocycles. The molecule has 1 aliphatic heterocycles. The van der Waals surface area contributed by atoms with E-state index in [0.717, 1.165) is 74.2 Å². The van der Waals surface area contributed by atoms with Gasteiger partial charge in [0.15, 0.2) is 0 Å². The van der Waals surface area contributed by atoms with Crippen LogP contribution in [0.1, 0.15) is 53.9 Å². The van der Waals surface area contributed by atoms with Crippen LogP contribution in [0.3, 0.4) is 0 Å². The lowest BCUT2D eigenvalue weighted by atomic mass is 9.80. The number of aliphatic hydroxyl groups is 1. The molecule has 6 rings (SSSR count). The van der Waals surface area contributed by atoms with Crippen molar-refractivity contribution >= 4 is 43.9 Å². The zero-order chi connectivity index (χ0) is 23.2. The molecular formula is C27H28N4O2S. The number of benzene rings is 1. The highest BCUT2D eigenvalue weighted by Crippen LogP contribution is 2.41. The van der Waals surface area contributed by atoms with Crippen molar-refractivity contribution in [1.82, 2.24) is 15.3 Å². The first kappa shape index (κ1) is 21.5. The van der Waals surface area contributed by atoms with E-state index in [1.165, 1.54) is 11.3 Å². The predicted molar refractivity (Wildman–Crippen MR) is 138 cm³/mol. The second-order valence-corrected chi connectivity index (χ2v) is 10.7. The lowest BCUT2D eigenvalue weighted by Crippen LogP contribution is -2.34. The van der Waals surface area contributed by atoms with E-state index in [1.807, 2.05) is 25.3 Å². The Hall–Kier alpha value is -3.03. The Morgan fingerprint density at radius 3 is 2.71 bits per heavy atom. The van der Waals surface area contributed by atoms with Gasteiger partial charge in [0.25, 0.3) is 5.91 Å². The van der Waals surface area contributed by atoms with Crippen LogP contribution in [0.2, 0.25) is 0 Å². The normalized spacial score (nSPS) is 22.8. The first-order valence-corrected chi connectivity index (χ1v) is 12.9. The van der Waals surface area contributed by atoms with Crippen LogP contribution in [-0.2, 0) is 0 Å². The molecule has 7 heteroatoms. The number of pyridine rings is 2. The van der Waals surface area contributed by atoms with Crippen molar-refractivity contribution in [3.63, 3.8) is 0 Å². The van der Waals surface area contributed by atoms with Crippen LogP contribution in [-0.4, -0.2) is 40.2 Å². The van der Waals surface area contributed by atoms with Gasteiger partial charge in [-0.3, -0.25) is 9.78 Å². The Morgan fingerprint density at radius 1 is 1.09 bits per heavy atom. The molecule has 1 aliphatic carbocycles. The summed E-state index contributed by atoms with van der Waals surface area (Å²) in [5.41, 5.74) is 4.88. The maximum Gasteiger partial charge on any atom is 0.263 e. The molecule has 3 N–H and O–H groups in total. The Labute approximate surface area is 202 Å². The molecule has 1 amide bonds. The topological polar surface area (TPSA) is 87.1 Å². The number of carbonyl (C=O) groups excluding carboxylic acids is 1. The number of hydrogen-bond acceptors (Lipinski definition) is 6. The van der Waals surface area contributed by atoms with E-state index < -0.39 is 0 Å². The van der Waals surface area contributed by atoms with Gasteiger partial charge in [-0.05, 0) is 74.9 Å². The first-order chi connectivity index (χ1) is 16.6. The Balaban J connectivity index is 1.33. The van der Waals surface area contributed by atoms with Gasteiger partial charge in [-0.15, -0.1) is 11.3 Å². The molecule has 174 valence electrons. The largest absolute Gasteiger partial charge is 0.396 e. The van der Waals surface area contributed by atoms with Crippen LogP contribution >= 0.6 is 11.3 Å². The summed E-state index contributed by atoms with van der Waals surface area (Å²) in [6.07, 6.45) is 6.28. The van der Waals surface area contributed by atoms with Gasteiger partial charge < -0.3 is 15.7 Å². The summed E-state index contributed by atoms with van der Waals surface area (Å²) in [6, 6.07) is 12.6. The summed E-state index contributed by atoms with van der Waals surface area (Å²) in [5, 5.41) is 18.0. The van der Waals surface area contributed by atoms with E-state index in [9.17, 15) is 9.90 Å². The van der Waals surface area contributed by atoms with E-state index in [0.29, 0.717) is 25.0 Å². The smallest absolute Gasteiger partial charge is 0.263 e. The third-order valence-corrected chi connectivity index (χ3v) is 8.45. The van der Waals surface area contributed by atoms with E-state index in [1.54, 1.807) is 0 Å². The number of rotatable bonds is 3. The molecule has 0 bridgehead atoms. The maximum absolute atomic E-state index is 12.7. The second kappa shape index (κ2) is 8.64. The predicted octanol–water partition coefficient (Wildman–Crippen LogP) is 5.32. The zero-order valence-corrected chi connectivity index (χ0v) is 20.0. The van der Waals surface area contributed by atoms with Gasteiger partial charge in [0.05, 0.1) is 16.9 Å². The highest BCUT2D eigenvalue weighted by atomic mass is 32.1. The fraction of sp³-hybridized carbons (Fsp3) is 0.370. The summed E-state index contributed by atoms with van der Waals surface area (Å²) in [4.78, 5) is 23.1. The van der Waals surface area contributed by atoms with Crippen LogP contribution in [0.15, 0.2) is 42.6 Å². The molecule has 2 aliphatic rings. The zero-order valence-electron chi connectivity index (χ0n) is 19.2. The quantitative estimate of drug-likeness (QED) is 0.376. The monoisotopic (exact) mass is 472 g/mol. The second-order valence-electron chi connectivity index (χ2n) is 9.64. The molecule has 0 spiro atoms. The Kier molecular flexibility index (Phi) is 5.46. The number of amides is 1. The standard InChI is InChI=1S/C27H28N4O2S/c1-15-12-29-25-24-19-7-9-21(31-22(19)10-11-23(24)34-26(25)27(33)30-15)18-6-8-20(28-13-18)17-4-2-16(14-32)3-5-17/h6-11,13,15-17,29,32H,2-5,12,14H2,1H3,(H,30,33). The Bertz CT molecular complexity index is 1370. The fourth-order valence-electron chi connectivity index (χ4n) is 5.33. The number of aliphatic hydroxyl groups excluding tert-OH is 1. The van der Waals surface area contributed by atoms with Crippen LogP contribution in [0.5, 0.6) is 0 Å². The minimum absolute atomic E-state index is 0.0116. The van der Waals surface area contributed by atoms with Crippen molar-refractivity contribution < 1.29 is 9.90 Å². The number of nitrogens with one attached hydrogen (secondary N) is 2. The van der Waals surface area contributed by atoms with Gasteiger partial charge in [0.2, 0.25) is 0 Å². The van der Waals surface area contributed by atoms with Crippen molar-refractivity contribution in [3.8, 4) is 11.3 Å². The average molecular weight is 473 g/mol. The number of carbonyl (C=O) groups is 1. The van der Waals surface area contributed by atoms with Crippen LogP contribution in [0, 0.1) is 5.92 Å². The van der Waals surface area contributed by atoms with E-state index >= 15 is 0 Å². The number of aromatic nitrogens is 2. The van der Waals surface area contributed by atoms with Crippen molar-refractivity contribution in [2.24, 2.45) is 5.92 Å². The summed E-state index contributed by atoms with van der Waals surface area (Å²) >= 11 is 1.53. The first-order valence-electron chi connectivity index (χ1n) is 12.1. The van der Waals surface area contributed by atoms with Crippen LogP contribution in [0.25, 0.3) is 32.2 Å². The van der Waals surface area contributed by atoms with Gasteiger partial charge in [-0.1, -0.05) is 0 Å². The molecule has 34 heavy (non-hydrogen) atoms. The van der Waals surface area contributed by atoms with Gasteiger partial charge >= 0.3 is 0 Å². The highest BCUT2D eigenvalue weighted by molar-refractivity contribution is 7.21. The number of thiophene rings is 1. The number of anilines is 1. The van der Waals surface area contributed by atoms with Crippen LogP contribution < -0.4 is 10.6 Å². The summed E-state index contributed by atoms with van der Waals surface area (Å²) < 4.78 is 1.09. The molecule has 1 saturated carbocycles. The SMILES string of the molecule is CC1CNc2c(sc3ccc4nc(-c5ccc(C6CCC(CO)CC6)nc5)ccc4c23)C(=O)N1. The number of fused-ring (bicyclic) bond motifs is 5. The molecular weight excluding hydrogens is 444 g/mol. The average Bonchev–Trinajstić information content (AvgIpc) is 3.20. The lowest BCUT2D eigenvalue weighted by Gasteiger charge is -2.26. The third kappa shape index (κ3) is 3.73. The molecule has 1 unspecified atom stereocenters. The van der Waals surface area contributed by atoms with Crippen molar-refractivity contribution in [2.45, 2.75) is 44.6 Å². The van der Waals surface area contributed by atoms with E-state index in [-0.39, 0.29) is 11.9 Å². The molecule has 0 radical (unpaired) electrons. The highest BCUT2D eigenvalue weighted by Gasteiger charge is 2.25. The molecule has 4 heterocycles. The molecule has 1 atom stereocenters. The van der Waals surface area contributed by atoms with Crippen molar-refractivity contribution in [1.29, 1.82) is 0 Å². The summed E-state index contributed by atoms with van der Waals surface area (Å²) in [5.74, 6) is 0.924. The van der Waals surface area contributed by atoms with Gasteiger partial charge in [-0.25, -0.2) is 4.98 Å². The summed E-state index contributed by atoms with van der Waals surface area (Å²) in [7, 11) is 0. The molecule has 1 aromatic carbocycles. The fourth-order valence-corrected chi connectivity index (χ4v) is 6.42. The van der Waals surface area contributed by atoms with Gasteiger partial charge in [0, 0.05) is 58.0 Å². The van der Waals surface area contributed by atoms with E-state index in [4.69, 9.17) is 9.97 Å². The van der Waals surface area contributed by atoms with Gasteiger partial charge in [0.1, 0.15) is 4.88 Å². The molecule has 3 aromatic heterocycles. The summed E-state index contributed by atoms with van der Waals surface area (Å²) in [6.45, 7) is 3.01. The van der Waals surface area contributed by atoms with Crippen LogP contribution in [0.4, 0.5) is 5.69 Å².